The van der Waals surface area contributed by atoms with E-state index in [-0.39, 0.29) is 6.61 Å². The molecule has 6 heteroatoms. The summed E-state index contributed by atoms with van der Waals surface area (Å²) in [7, 11) is 6.68. The lowest BCUT2D eigenvalue weighted by molar-refractivity contribution is -0.101. The van der Waals surface area contributed by atoms with Crippen LogP contribution in [0, 0.1) is 0 Å². The number of ether oxygens (including phenoxy) is 6. The van der Waals surface area contributed by atoms with Crippen molar-refractivity contribution in [2.45, 2.75) is 24.2 Å². The van der Waals surface area contributed by atoms with Crippen molar-refractivity contribution in [3.63, 3.8) is 0 Å². The maximum atomic E-state index is 7.37. The molecule has 1 atom stereocenters. The molecule has 0 heterocycles. The van der Waals surface area contributed by atoms with Gasteiger partial charge in [0.05, 0.1) is 41.2 Å². The van der Waals surface area contributed by atoms with E-state index in [2.05, 4.69) is 79.7 Å². The van der Waals surface area contributed by atoms with Crippen molar-refractivity contribution in [3.8, 4) is 23.0 Å². The standard InChI is InChI=1S/C45H44O6/c1-33(51-45(35-14-10-7-11-15-35,38-20-28-42(48-4)29-21-38)39-22-30-43(49-5)31-23-39)32-50-44(34-12-8-6-9-13-34,36-16-24-40(46-2)25-17-36)37-18-26-41(47-3)27-19-37/h6-31,33H,32H2,1-5H3. The molecule has 0 spiro atoms. The monoisotopic (exact) mass is 680 g/mol. The molecule has 1 unspecified atom stereocenters. The summed E-state index contributed by atoms with van der Waals surface area (Å²) in [5.41, 5.74) is 3.76. The van der Waals surface area contributed by atoms with Crippen molar-refractivity contribution in [2.24, 2.45) is 0 Å². The normalized spacial score (nSPS) is 12.2. The summed E-state index contributed by atoms with van der Waals surface area (Å²) in [6.07, 6.45) is -0.408. The molecule has 0 saturated carbocycles. The fourth-order valence-electron chi connectivity index (χ4n) is 6.68. The van der Waals surface area contributed by atoms with E-state index < -0.39 is 17.3 Å². The third-order valence-corrected chi connectivity index (χ3v) is 9.26. The van der Waals surface area contributed by atoms with Gasteiger partial charge in [0, 0.05) is 0 Å². The van der Waals surface area contributed by atoms with Crippen LogP contribution in [0.5, 0.6) is 23.0 Å². The molecule has 6 nitrogen and oxygen atoms in total. The topological polar surface area (TPSA) is 55.4 Å². The van der Waals surface area contributed by atoms with Crippen molar-refractivity contribution in [2.75, 3.05) is 35.0 Å². The van der Waals surface area contributed by atoms with Gasteiger partial charge >= 0.3 is 0 Å². The van der Waals surface area contributed by atoms with Gasteiger partial charge in [-0.05, 0) is 88.8 Å². The summed E-state index contributed by atoms with van der Waals surface area (Å²) >= 11 is 0. The minimum atomic E-state index is -1.00. The van der Waals surface area contributed by atoms with Crippen molar-refractivity contribution in [1.29, 1.82) is 0 Å². The number of hydrogen-bond acceptors (Lipinski definition) is 6. The molecule has 0 radical (unpaired) electrons. The van der Waals surface area contributed by atoms with Crippen LogP contribution >= 0.6 is 0 Å². The summed E-state index contributed by atoms with van der Waals surface area (Å²) in [5.74, 6) is 3.05. The molecular weight excluding hydrogens is 636 g/mol. The molecule has 6 rings (SSSR count). The predicted octanol–water partition coefficient (Wildman–Crippen LogP) is 9.43. The molecule has 0 aliphatic rings. The van der Waals surface area contributed by atoms with E-state index in [1.165, 1.54) is 0 Å². The van der Waals surface area contributed by atoms with Gasteiger partial charge in [-0.25, -0.2) is 0 Å². The average molecular weight is 681 g/mol. The lowest BCUT2D eigenvalue weighted by atomic mass is 9.79. The van der Waals surface area contributed by atoms with E-state index >= 15 is 0 Å². The van der Waals surface area contributed by atoms with E-state index in [0.29, 0.717) is 0 Å². The molecule has 0 amide bonds. The van der Waals surface area contributed by atoms with Crippen molar-refractivity contribution in [1.82, 2.24) is 0 Å². The summed E-state index contributed by atoms with van der Waals surface area (Å²) in [4.78, 5) is 0. The zero-order valence-corrected chi connectivity index (χ0v) is 29.7. The Morgan fingerprint density at radius 2 is 0.647 bits per heavy atom. The van der Waals surface area contributed by atoms with Gasteiger partial charge < -0.3 is 28.4 Å². The lowest BCUT2D eigenvalue weighted by Gasteiger charge is -2.40. The van der Waals surface area contributed by atoms with E-state index in [1.807, 2.05) is 84.9 Å². The first-order valence-electron chi connectivity index (χ1n) is 17.0. The maximum Gasteiger partial charge on any atom is 0.144 e. The zero-order chi connectivity index (χ0) is 35.7. The van der Waals surface area contributed by atoms with Crippen LogP contribution in [0.15, 0.2) is 158 Å². The Hall–Kier alpha value is -5.56. The molecule has 6 aromatic carbocycles. The molecule has 0 fully saturated rings. The predicted molar refractivity (Wildman–Crippen MR) is 201 cm³/mol. The molecular formula is C45H44O6. The SMILES string of the molecule is COc1ccc(C(OCC(C)OC(c2ccccc2)(c2ccc(OC)cc2)c2ccc(OC)cc2)(c2ccccc2)c2ccc(OC)cc2)cc1. The summed E-state index contributed by atoms with van der Waals surface area (Å²) in [6, 6.07) is 52.8. The second kappa shape index (κ2) is 16.0. The minimum Gasteiger partial charge on any atom is -0.497 e. The van der Waals surface area contributed by atoms with E-state index in [0.717, 1.165) is 56.4 Å². The van der Waals surface area contributed by atoms with Gasteiger partial charge in [-0.15, -0.1) is 0 Å². The van der Waals surface area contributed by atoms with E-state index in [9.17, 15) is 0 Å². The lowest BCUT2D eigenvalue weighted by Crippen LogP contribution is -2.40. The van der Waals surface area contributed by atoms with Gasteiger partial charge in [0.15, 0.2) is 0 Å². The van der Waals surface area contributed by atoms with Crippen molar-refractivity contribution >= 4 is 0 Å². The van der Waals surface area contributed by atoms with Crippen LogP contribution in [0.4, 0.5) is 0 Å². The van der Waals surface area contributed by atoms with Gasteiger partial charge in [0.25, 0.3) is 0 Å². The van der Waals surface area contributed by atoms with Crippen LogP contribution in [-0.4, -0.2) is 41.2 Å². The molecule has 0 bridgehead atoms. The summed E-state index contributed by atoms with van der Waals surface area (Å²) < 4.78 is 36.8. The van der Waals surface area contributed by atoms with Crippen LogP contribution < -0.4 is 18.9 Å². The van der Waals surface area contributed by atoms with Crippen LogP contribution in [0.3, 0.4) is 0 Å². The smallest absolute Gasteiger partial charge is 0.144 e. The Morgan fingerprint density at radius 1 is 0.373 bits per heavy atom. The Kier molecular flexibility index (Phi) is 11.1. The molecule has 6 aromatic rings. The Morgan fingerprint density at radius 3 is 0.961 bits per heavy atom. The second-order valence-electron chi connectivity index (χ2n) is 12.2. The summed E-state index contributed by atoms with van der Waals surface area (Å²) in [6.45, 7) is 2.30. The third kappa shape index (κ3) is 7.20. The van der Waals surface area contributed by atoms with Gasteiger partial charge in [0.1, 0.15) is 34.2 Å². The number of hydrogen-bond donors (Lipinski definition) is 0. The van der Waals surface area contributed by atoms with Crippen LogP contribution in [-0.2, 0) is 20.7 Å². The fraction of sp³-hybridized carbons (Fsp3) is 0.200. The highest BCUT2D eigenvalue weighted by molar-refractivity contribution is 5.51. The maximum absolute atomic E-state index is 7.37. The Balaban J connectivity index is 1.47. The zero-order valence-electron chi connectivity index (χ0n) is 29.7. The first-order valence-corrected chi connectivity index (χ1v) is 17.0. The fourth-order valence-corrected chi connectivity index (χ4v) is 6.68. The van der Waals surface area contributed by atoms with Crippen LogP contribution in [0.25, 0.3) is 0 Å². The number of rotatable bonds is 15. The second-order valence-corrected chi connectivity index (χ2v) is 12.2. The Bertz CT molecular complexity index is 1850. The summed E-state index contributed by atoms with van der Waals surface area (Å²) in [5, 5.41) is 0. The minimum absolute atomic E-state index is 0.244. The number of benzene rings is 6. The largest absolute Gasteiger partial charge is 0.497 e. The molecule has 0 aliphatic carbocycles. The quantitative estimate of drug-likeness (QED) is 0.101. The van der Waals surface area contributed by atoms with Crippen LogP contribution in [0.2, 0.25) is 0 Å². The van der Waals surface area contributed by atoms with Gasteiger partial charge in [-0.3, -0.25) is 0 Å². The van der Waals surface area contributed by atoms with E-state index in [4.69, 9.17) is 28.4 Å². The first kappa shape index (κ1) is 35.3. The highest BCUT2D eigenvalue weighted by atomic mass is 16.6. The molecule has 260 valence electrons. The molecule has 0 aliphatic heterocycles. The highest BCUT2D eigenvalue weighted by Crippen LogP contribution is 2.45. The first-order chi connectivity index (χ1) is 25.0. The molecule has 0 saturated heterocycles. The van der Waals surface area contributed by atoms with Gasteiger partial charge in [-0.1, -0.05) is 109 Å². The van der Waals surface area contributed by atoms with Crippen molar-refractivity contribution in [3.05, 3.63) is 191 Å². The van der Waals surface area contributed by atoms with Crippen LogP contribution in [0.1, 0.15) is 40.3 Å². The van der Waals surface area contributed by atoms with Gasteiger partial charge in [-0.2, -0.15) is 0 Å². The highest BCUT2D eigenvalue weighted by Gasteiger charge is 2.42. The van der Waals surface area contributed by atoms with E-state index in [1.54, 1.807) is 28.4 Å². The van der Waals surface area contributed by atoms with Gasteiger partial charge in [0.2, 0.25) is 0 Å². The average Bonchev–Trinajstić information content (AvgIpc) is 3.21. The Labute approximate surface area is 301 Å². The molecule has 0 aromatic heterocycles. The molecule has 51 heavy (non-hydrogen) atoms. The van der Waals surface area contributed by atoms with Crippen molar-refractivity contribution < 1.29 is 28.4 Å². The number of methoxy groups -OCH3 is 4. The third-order valence-electron chi connectivity index (χ3n) is 9.26. The molecule has 0 N–H and O–H groups in total.